The highest BCUT2D eigenvalue weighted by molar-refractivity contribution is 6.13. The van der Waals surface area contributed by atoms with Gasteiger partial charge in [0, 0.05) is 36.8 Å². The van der Waals surface area contributed by atoms with Gasteiger partial charge in [0.25, 0.3) is 5.65 Å². The van der Waals surface area contributed by atoms with Crippen molar-refractivity contribution in [2.45, 2.75) is 45.4 Å². The van der Waals surface area contributed by atoms with Crippen LogP contribution in [0.2, 0.25) is 0 Å². The SMILES string of the molecule is [2H]C([2H])([2H])C1(C)c2c(-c3ccccc3)[n+](C)c3c4c(C)cccc4c4cccc(c4n23)C1(C)C. The molecule has 1 aliphatic heterocycles. The molecule has 1 atom stereocenters. The molecule has 5 aromatic rings. The van der Waals surface area contributed by atoms with E-state index in [2.05, 4.69) is 85.3 Å². The third kappa shape index (κ3) is 2.06. The maximum absolute atomic E-state index is 8.86. The molecule has 0 N–H and O–H groups in total. The van der Waals surface area contributed by atoms with Gasteiger partial charge in [-0.3, -0.25) is 0 Å². The lowest BCUT2D eigenvalue weighted by molar-refractivity contribution is -0.632. The molecule has 0 saturated carbocycles. The van der Waals surface area contributed by atoms with E-state index in [4.69, 9.17) is 4.11 Å². The summed E-state index contributed by atoms with van der Waals surface area (Å²) in [6.45, 7) is 6.07. The Hall–Kier alpha value is -3.13. The molecule has 2 heteroatoms. The second-order valence-corrected chi connectivity index (χ2v) is 9.73. The van der Waals surface area contributed by atoms with Crippen LogP contribution in [-0.2, 0) is 17.9 Å². The van der Waals surface area contributed by atoms with Gasteiger partial charge in [0.2, 0.25) is 0 Å². The Morgan fingerprint density at radius 3 is 2.29 bits per heavy atom. The predicted octanol–water partition coefficient (Wildman–Crippen LogP) is 6.61. The van der Waals surface area contributed by atoms with Gasteiger partial charge >= 0.3 is 0 Å². The Balaban J connectivity index is 2.04. The lowest BCUT2D eigenvalue weighted by atomic mass is 9.60. The van der Waals surface area contributed by atoms with E-state index < -0.39 is 17.7 Å². The van der Waals surface area contributed by atoms with Crippen molar-refractivity contribution in [2.24, 2.45) is 7.05 Å². The molecule has 2 aromatic heterocycles. The zero-order valence-corrected chi connectivity index (χ0v) is 18.7. The highest BCUT2D eigenvalue weighted by Crippen LogP contribution is 2.53. The molecule has 6 rings (SSSR count). The van der Waals surface area contributed by atoms with E-state index >= 15 is 0 Å². The summed E-state index contributed by atoms with van der Waals surface area (Å²) < 4.78 is 31.1. The number of hydrogen-bond donors (Lipinski definition) is 0. The molecule has 3 aromatic carbocycles. The lowest BCUT2D eigenvalue weighted by Crippen LogP contribution is -2.44. The molecule has 0 bridgehead atoms. The fourth-order valence-electron chi connectivity index (χ4n) is 5.77. The van der Waals surface area contributed by atoms with Crippen LogP contribution in [0.15, 0.2) is 66.7 Å². The Bertz CT molecular complexity index is 1640. The van der Waals surface area contributed by atoms with Crippen LogP contribution in [0.5, 0.6) is 0 Å². The van der Waals surface area contributed by atoms with E-state index in [1.165, 1.54) is 21.7 Å². The zero-order chi connectivity index (χ0) is 24.2. The van der Waals surface area contributed by atoms with Gasteiger partial charge in [0.05, 0.1) is 12.4 Å². The van der Waals surface area contributed by atoms with Crippen molar-refractivity contribution >= 4 is 27.3 Å². The first-order chi connectivity index (χ1) is 16.0. The second-order valence-electron chi connectivity index (χ2n) is 9.73. The number of rotatable bonds is 1. The number of pyridine rings is 1. The number of benzene rings is 3. The zero-order valence-electron chi connectivity index (χ0n) is 21.7. The molecule has 1 aliphatic rings. The largest absolute Gasteiger partial charge is 0.295 e. The number of imidazole rings is 1. The summed E-state index contributed by atoms with van der Waals surface area (Å²) in [6.07, 6.45) is 0. The maximum atomic E-state index is 8.86. The minimum Gasteiger partial charge on any atom is -0.225 e. The summed E-state index contributed by atoms with van der Waals surface area (Å²) in [4.78, 5) is 0. The lowest BCUT2D eigenvalue weighted by Gasteiger charge is -2.43. The number of aromatic nitrogens is 2. The van der Waals surface area contributed by atoms with Crippen molar-refractivity contribution < 1.29 is 8.68 Å². The van der Waals surface area contributed by atoms with Gasteiger partial charge in [-0.25, -0.2) is 4.57 Å². The molecule has 0 aliphatic carbocycles. The van der Waals surface area contributed by atoms with Gasteiger partial charge < -0.3 is 0 Å². The standard InChI is InChI=1S/C29H29N2/c1-18-12-10-15-20-21-16-11-17-22-25(21)31-26(29(4,5)28(22,2)3)24(19-13-8-7-9-14-19)30(6)27(31)23(18)20/h7-17H,1-6H3/q+1/i4D3. The maximum Gasteiger partial charge on any atom is 0.295 e. The normalized spacial score (nSPS) is 21.5. The Morgan fingerprint density at radius 1 is 0.839 bits per heavy atom. The Morgan fingerprint density at radius 2 is 1.55 bits per heavy atom. The summed E-state index contributed by atoms with van der Waals surface area (Å²) in [5.74, 6) is 0. The summed E-state index contributed by atoms with van der Waals surface area (Å²) in [7, 11) is 2.08. The van der Waals surface area contributed by atoms with Crippen LogP contribution in [0.4, 0.5) is 0 Å². The molecular formula is C29H29N2+. The number of para-hydroxylation sites is 1. The third-order valence-corrected chi connectivity index (χ3v) is 7.80. The van der Waals surface area contributed by atoms with Crippen LogP contribution in [0.25, 0.3) is 38.6 Å². The van der Waals surface area contributed by atoms with Gasteiger partial charge in [-0.1, -0.05) is 94.4 Å². The van der Waals surface area contributed by atoms with E-state index in [0.29, 0.717) is 0 Å². The number of hydrogen-bond acceptors (Lipinski definition) is 0. The Labute approximate surface area is 188 Å². The van der Waals surface area contributed by atoms with Gasteiger partial charge in [-0.05, 0) is 12.5 Å². The van der Waals surface area contributed by atoms with Crippen molar-refractivity contribution in [1.82, 2.24) is 4.40 Å². The smallest absolute Gasteiger partial charge is 0.225 e. The van der Waals surface area contributed by atoms with E-state index in [0.717, 1.165) is 33.7 Å². The number of nitrogens with zero attached hydrogens (tertiary/aromatic N) is 2. The van der Waals surface area contributed by atoms with E-state index in [1.807, 2.05) is 25.1 Å². The minimum absolute atomic E-state index is 0.632. The quantitative estimate of drug-likeness (QED) is 0.218. The average molecular weight is 409 g/mol. The molecule has 3 heterocycles. The Kier molecular flexibility index (Phi) is 2.91. The van der Waals surface area contributed by atoms with Gasteiger partial charge in [0.1, 0.15) is 5.52 Å². The van der Waals surface area contributed by atoms with Crippen LogP contribution < -0.4 is 4.57 Å². The number of aryl methyl sites for hydroxylation is 2. The van der Waals surface area contributed by atoms with Crippen molar-refractivity contribution in [3.05, 3.63) is 83.6 Å². The molecule has 0 radical (unpaired) electrons. The molecule has 31 heavy (non-hydrogen) atoms. The highest BCUT2D eigenvalue weighted by atomic mass is 15.1. The van der Waals surface area contributed by atoms with Gasteiger partial charge in [-0.15, -0.1) is 0 Å². The summed E-state index contributed by atoms with van der Waals surface area (Å²) in [6, 6.07) is 23.1. The third-order valence-electron chi connectivity index (χ3n) is 7.80. The van der Waals surface area contributed by atoms with E-state index in [1.54, 1.807) is 0 Å². The topological polar surface area (TPSA) is 8.29 Å². The molecule has 1 unspecified atom stereocenters. The molecule has 0 fully saturated rings. The van der Waals surface area contributed by atoms with Crippen LogP contribution in [0.1, 0.15) is 48.6 Å². The molecule has 0 amide bonds. The predicted molar refractivity (Wildman–Crippen MR) is 130 cm³/mol. The van der Waals surface area contributed by atoms with Crippen molar-refractivity contribution in [1.29, 1.82) is 0 Å². The van der Waals surface area contributed by atoms with Gasteiger partial charge in [-0.2, -0.15) is 4.40 Å². The van der Waals surface area contributed by atoms with Crippen LogP contribution >= 0.6 is 0 Å². The summed E-state index contributed by atoms with van der Waals surface area (Å²) >= 11 is 0. The van der Waals surface area contributed by atoms with E-state index in [9.17, 15) is 0 Å². The van der Waals surface area contributed by atoms with Crippen molar-refractivity contribution in [3.63, 3.8) is 0 Å². The van der Waals surface area contributed by atoms with Crippen LogP contribution in [0, 0.1) is 6.92 Å². The van der Waals surface area contributed by atoms with Crippen molar-refractivity contribution in [3.8, 4) is 11.3 Å². The van der Waals surface area contributed by atoms with E-state index in [-0.39, 0.29) is 0 Å². The van der Waals surface area contributed by atoms with Gasteiger partial charge in [0.15, 0.2) is 11.4 Å². The first-order valence-corrected chi connectivity index (χ1v) is 11.0. The van der Waals surface area contributed by atoms with Crippen LogP contribution in [0.3, 0.4) is 0 Å². The molecule has 2 nitrogen and oxygen atoms in total. The summed E-state index contributed by atoms with van der Waals surface area (Å²) in [5.41, 5.74) is 5.56. The monoisotopic (exact) mass is 408 g/mol. The fourth-order valence-corrected chi connectivity index (χ4v) is 5.77. The molecular weight excluding hydrogens is 376 g/mol. The minimum atomic E-state index is -2.22. The summed E-state index contributed by atoms with van der Waals surface area (Å²) in [5, 5.41) is 3.54. The average Bonchev–Trinajstić information content (AvgIpc) is 3.10. The second kappa shape index (κ2) is 5.76. The molecule has 154 valence electrons. The highest BCUT2D eigenvalue weighted by Gasteiger charge is 2.52. The van der Waals surface area contributed by atoms with Crippen LogP contribution in [-0.4, -0.2) is 4.40 Å². The fraction of sp³-hybridized carbons (Fsp3) is 0.276. The molecule has 0 spiro atoms. The first kappa shape index (κ1) is 15.6. The first-order valence-electron chi connectivity index (χ1n) is 12.5. The molecule has 0 saturated heterocycles. The van der Waals surface area contributed by atoms with Crippen molar-refractivity contribution in [2.75, 3.05) is 0 Å². The number of fused-ring (bicyclic) bond motifs is 3.